The minimum atomic E-state index is -0.888. The van der Waals surface area contributed by atoms with Crippen molar-refractivity contribution in [3.8, 4) is 0 Å². The number of hydrogen-bond acceptors (Lipinski definition) is 6. The van der Waals surface area contributed by atoms with E-state index in [1.54, 1.807) is 11.9 Å². The summed E-state index contributed by atoms with van der Waals surface area (Å²) < 4.78 is 5.88. The number of ether oxygens (including phenoxy) is 1. The molecule has 31 heavy (non-hydrogen) atoms. The van der Waals surface area contributed by atoms with E-state index in [1.165, 1.54) is 0 Å². The highest BCUT2D eigenvalue weighted by molar-refractivity contribution is 6.05. The minimum absolute atomic E-state index is 0.208. The van der Waals surface area contributed by atoms with Crippen LogP contribution in [0.5, 0.6) is 0 Å². The maximum absolute atomic E-state index is 13.3. The van der Waals surface area contributed by atoms with Gasteiger partial charge in [0.1, 0.15) is 18.5 Å². The number of amides is 2. The molecule has 8 heteroatoms. The van der Waals surface area contributed by atoms with Crippen LogP contribution >= 0.6 is 0 Å². The van der Waals surface area contributed by atoms with Gasteiger partial charge in [0.25, 0.3) is 0 Å². The Labute approximate surface area is 181 Å². The van der Waals surface area contributed by atoms with E-state index in [0.717, 1.165) is 16.5 Å². The fourth-order valence-electron chi connectivity index (χ4n) is 4.33. The van der Waals surface area contributed by atoms with Crippen LogP contribution in [0.15, 0.2) is 42.5 Å². The van der Waals surface area contributed by atoms with Crippen LogP contribution in [0, 0.1) is 0 Å². The number of aliphatic hydroxyl groups excluding tert-OH is 1. The number of benzene rings is 2. The minimum Gasteiger partial charge on any atom is -0.377 e. The smallest absolute Gasteiger partial charge is 0.247 e. The number of nitrogens with zero attached hydrogens (tertiary/aromatic N) is 1. The van der Waals surface area contributed by atoms with Crippen LogP contribution in [-0.4, -0.2) is 66.1 Å². The second-order valence-corrected chi connectivity index (χ2v) is 8.21. The lowest BCUT2D eigenvalue weighted by molar-refractivity contribution is -0.147. The summed E-state index contributed by atoms with van der Waals surface area (Å²) in [7, 11) is 1.75. The first-order valence-electron chi connectivity index (χ1n) is 10.8. The Kier molecular flexibility index (Phi) is 6.52. The van der Waals surface area contributed by atoms with Gasteiger partial charge in [0, 0.05) is 17.1 Å². The average molecular weight is 427 g/mol. The van der Waals surface area contributed by atoms with Crippen LogP contribution in [0.2, 0.25) is 0 Å². The van der Waals surface area contributed by atoms with Gasteiger partial charge in [-0.3, -0.25) is 14.9 Å². The molecule has 0 aromatic heterocycles. The molecule has 3 unspecified atom stereocenters. The first-order chi connectivity index (χ1) is 15.0. The van der Waals surface area contributed by atoms with Crippen molar-refractivity contribution in [2.45, 2.75) is 56.8 Å². The summed E-state index contributed by atoms with van der Waals surface area (Å²) in [5.74, 6) is -0.430. The normalized spacial score (nSPS) is 25.7. The van der Waals surface area contributed by atoms with Gasteiger partial charge in [-0.2, -0.15) is 0 Å². The molecule has 5 atom stereocenters. The number of carbonyl (C=O) groups is 2. The number of rotatable bonds is 6. The molecule has 2 aromatic carbocycles. The predicted molar refractivity (Wildman–Crippen MR) is 118 cm³/mol. The Balaban J connectivity index is 1.52. The van der Waals surface area contributed by atoms with Gasteiger partial charge in [0.05, 0.1) is 12.6 Å². The van der Waals surface area contributed by atoms with Crippen LogP contribution in [0.25, 0.3) is 10.8 Å². The number of nitrogens with one attached hydrogen (secondary N) is 3. The van der Waals surface area contributed by atoms with E-state index in [2.05, 4.69) is 16.0 Å². The SMILES string of the molecule is CN[C@@H](C)C(O)NC1CCO[C@H]2CCC(C(=O)Nc3cccc4ccccc34)N2C1=O. The Hall–Kier alpha value is -2.52. The number of aliphatic hydroxyl groups is 1. The first-order valence-corrected chi connectivity index (χ1v) is 10.8. The van der Waals surface area contributed by atoms with Gasteiger partial charge in [-0.1, -0.05) is 36.4 Å². The van der Waals surface area contributed by atoms with E-state index < -0.39 is 24.5 Å². The van der Waals surface area contributed by atoms with Crippen molar-refractivity contribution in [3.63, 3.8) is 0 Å². The zero-order valence-electron chi connectivity index (χ0n) is 17.9. The average Bonchev–Trinajstić information content (AvgIpc) is 3.15. The van der Waals surface area contributed by atoms with Crippen LogP contribution in [0.1, 0.15) is 26.2 Å². The molecule has 2 aliphatic rings. The Morgan fingerprint density at radius 1 is 1.16 bits per heavy atom. The summed E-state index contributed by atoms with van der Waals surface area (Å²) in [6.07, 6.45) is 0.288. The van der Waals surface area contributed by atoms with Gasteiger partial charge in [0.2, 0.25) is 11.8 Å². The molecule has 2 heterocycles. The topological polar surface area (TPSA) is 103 Å². The molecular weight excluding hydrogens is 396 g/mol. The number of fused-ring (bicyclic) bond motifs is 2. The highest BCUT2D eigenvalue weighted by atomic mass is 16.5. The molecule has 2 amide bonds. The summed E-state index contributed by atoms with van der Waals surface area (Å²) in [6.45, 7) is 2.22. The summed E-state index contributed by atoms with van der Waals surface area (Å²) in [4.78, 5) is 28.1. The highest BCUT2D eigenvalue weighted by Crippen LogP contribution is 2.31. The number of hydrogen-bond donors (Lipinski definition) is 4. The molecule has 2 aromatic rings. The quantitative estimate of drug-likeness (QED) is 0.521. The Bertz CT molecular complexity index is 947. The van der Waals surface area contributed by atoms with Gasteiger partial charge >= 0.3 is 0 Å². The summed E-state index contributed by atoms with van der Waals surface area (Å²) >= 11 is 0. The van der Waals surface area contributed by atoms with Crippen molar-refractivity contribution in [2.75, 3.05) is 19.0 Å². The molecule has 0 radical (unpaired) electrons. The Morgan fingerprint density at radius 2 is 1.94 bits per heavy atom. The fourth-order valence-corrected chi connectivity index (χ4v) is 4.33. The van der Waals surface area contributed by atoms with Gasteiger partial charge in [-0.05, 0) is 44.7 Å². The lowest BCUT2D eigenvalue weighted by Crippen LogP contribution is -2.57. The largest absolute Gasteiger partial charge is 0.377 e. The molecule has 0 aliphatic carbocycles. The molecule has 0 spiro atoms. The van der Waals surface area contributed by atoms with Gasteiger partial charge < -0.3 is 25.4 Å². The lowest BCUT2D eigenvalue weighted by Gasteiger charge is -2.31. The highest BCUT2D eigenvalue weighted by Gasteiger charge is 2.45. The third-order valence-electron chi connectivity index (χ3n) is 6.25. The third-order valence-corrected chi connectivity index (χ3v) is 6.25. The van der Waals surface area contributed by atoms with E-state index in [-0.39, 0.29) is 17.9 Å². The van der Waals surface area contributed by atoms with Crippen molar-refractivity contribution in [3.05, 3.63) is 42.5 Å². The van der Waals surface area contributed by atoms with Gasteiger partial charge in [0.15, 0.2) is 0 Å². The van der Waals surface area contributed by atoms with Crippen LogP contribution in [-0.2, 0) is 14.3 Å². The van der Waals surface area contributed by atoms with Crippen LogP contribution in [0.4, 0.5) is 5.69 Å². The zero-order chi connectivity index (χ0) is 22.0. The molecule has 2 fully saturated rings. The van der Waals surface area contributed by atoms with Crippen molar-refractivity contribution < 1.29 is 19.4 Å². The zero-order valence-corrected chi connectivity index (χ0v) is 17.9. The molecule has 8 nitrogen and oxygen atoms in total. The van der Waals surface area contributed by atoms with Crippen LogP contribution < -0.4 is 16.0 Å². The summed E-state index contributed by atoms with van der Waals surface area (Å²) in [5.41, 5.74) is 0.725. The molecule has 4 N–H and O–H groups in total. The van der Waals surface area contributed by atoms with Gasteiger partial charge in [-0.15, -0.1) is 0 Å². The van der Waals surface area contributed by atoms with E-state index >= 15 is 0 Å². The van der Waals surface area contributed by atoms with E-state index in [0.29, 0.717) is 25.9 Å². The summed E-state index contributed by atoms with van der Waals surface area (Å²) in [5, 5.41) is 21.3. The monoisotopic (exact) mass is 426 g/mol. The maximum Gasteiger partial charge on any atom is 0.247 e. The number of anilines is 1. The van der Waals surface area contributed by atoms with Gasteiger partial charge in [-0.25, -0.2) is 0 Å². The first kappa shape index (κ1) is 21.7. The Morgan fingerprint density at radius 3 is 2.74 bits per heavy atom. The van der Waals surface area contributed by atoms with Crippen molar-refractivity contribution in [2.24, 2.45) is 0 Å². The predicted octanol–water partition coefficient (Wildman–Crippen LogP) is 1.40. The van der Waals surface area contributed by atoms with Crippen molar-refractivity contribution >= 4 is 28.3 Å². The van der Waals surface area contributed by atoms with E-state index in [4.69, 9.17) is 4.74 Å². The second kappa shape index (κ2) is 9.32. The molecular formula is C23H30N4O4. The fraction of sp³-hybridized carbons (Fsp3) is 0.478. The lowest BCUT2D eigenvalue weighted by atomic mass is 10.1. The molecule has 166 valence electrons. The molecule has 4 rings (SSSR count). The van der Waals surface area contributed by atoms with Crippen molar-refractivity contribution in [1.82, 2.24) is 15.5 Å². The van der Waals surface area contributed by atoms with E-state index in [9.17, 15) is 14.7 Å². The molecule has 2 saturated heterocycles. The number of carbonyl (C=O) groups excluding carboxylic acids is 2. The van der Waals surface area contributed by atoms with E-state index in [1.807, 2.05) is 49.4 Å². The third kappa shape index (κ3) is 4.43. The second-order valence-electron chi connectivity index (χ2n) is 8.21. The number of likely N-dealkylation sites (N-methyl/N-ethyl adjacent to an activating group) is 1. The molecule has 0 saturated carbocycles. The molecule has 2 aliphatic heterocycles. The molecule has 0 bridgehead atoms. The standard InChI is InChI=1S/C23H30N4O4/c1-14(24-2)21(28)26-18-12-13-31-20-11-10-19(27(20)23(18)30)22(29)25-17-9-5-7-15-6-3-4-8-16(15)17/h3-9,14,18-21,24,26,28H,10-13H2,1-2H3,(H,25,29)/t14-,18?,19?,20-,21?/m0/s1. The van der Waals surface area contributed by atoms with Crippen molar-refractivity contribution in [1.29, 1.82) is 0 Å². The van der Waals surface area contributed by atoms with Crippen LogP contribution in [0.3, 0.4) is 0 Å². The maximum atomic E-state index is 13.3. The summed E-state index contributed by atoms with van der Waals surface area (Å²) in [6, 6.07) is 12.2.